The highest BCUT2D eigenvalue weighted by Gasteiger charge is 2.19. The van der Waals surface area contributed by atoms with Crippen LogP contribution in [0, 0.1) is 0 Å². The number of aromatic carboxylic acids is 2. The average Bonchev–Trinajstić information content (AvgIpc) is 2.47. The summed E-state index contributed by atoms with van der Waals surface area (Å²) in [6.07, 6.45) is 0. The predicted molar refractivity (Wildman–Crippen MR) is 76.2 cm³/mol. The molecule has 0 saturated heterocycles. The summed E-state index contributed by atoms with van der Waals surface area (Å²) >= 11 is 0. The maximum atomic E-state index is 11.3. The Morgan fingerprint density at radius 1 is 0.952 bits per heavy atom. The predicted octanol–water partition coefficient (Wildman–Crippen LogP) is 3.46. The standard InChI is InChI=1S/C15H12N2O4/c1-16-17-10-5-2-4-9(8-10)13-11(14(18)19)6-3-7-12(13)15(20)21/h2-8H,1H3,(H,18,19)(H,20,21). The first kappa shape index (κ1) is 14.4. The first-order valence-corrected chi connectivity index (χ1v) is 6.04. The zero-order valence-corrected chi connectivity index (χ0v) is 11.1. The lowest BCUT2D eigenvalue weighted by molar-refractivity contribution is 0.0696. The number of benzene rings is 2. The van der Waals surface area contributed by atoms with Crippen molar-refractivity contribution >= 4 is 17.6 Å². The van der Waals surface area contributed by atoms with Gasteiger partial charge in [0.05, 0.1) is 16.8 Å². The normalized spacial score (nSPS) is 10.7. The highest BCUT2D eigenvalue weighted by molar-refractivity contribution is 6.05. The van der Waals surface area contributed by atoms with Gasteiger partial charge in [-0.3, -0.25) is 0 Å². The van der Waals surface area contributed by atoms with Crippen LogP contribution in [0.2, 0.25) is 0 Å². The smallest absolute Gasteiger partial charge is 0.336 e. The molecule has 0 aliphatic carbocycles. The maximum absolute atomic E-state index is 11.3. The summed E-state index contributed by atoms with van der Waals surface area (Å²) in [6.45, 7) is 0. The van der Waals surface area contributed by atoms with Crippen LogP contribution < -0.4 is 0 Å². The van der Waals surface area contributed by atoms with E-state index in [0.717, 1.165) is 0 Å². The van der Waals surface area contributed by atoms with E-state index in [1.807, 2.05) is 0 Å². The monoisotopic (exact) mass is 284 g/mol. The van der Waals surface area contributed by atoms with E-state index in [1.54, 1.807) is 24.3 Å². The molecule has 0 fully saturated rings. The molecule has 2 aromatic rings. The third kappa shape index (κ3) is 2.94. The molecule has 2 N–H and O–H groups in total. The molecule has 0 heterocycles. The summed E-state index contributed by atoms with van der Waals surface area (Å²) in [7, 11) is 1.51. The molecule has 0 saturated carbocycles. The van der Waals surface area contributed by atoms with Gasteiger partial charge in [-0.2, -0.15) is 10.2 Å². The Morgan fingerprint density at radius 3 is 2.05 bits per heavy atom. The minimum absolute atomic E-state index is 0.0690. The van der Waals surface area contributed by atoms with E-state index in [-0.39, 0.29) is 16.7 Å². The molecule has 2 rings (SSSR count). The lowest BCUT2D eigenvalue weighted by atomic mass is 9.94. The quantitative estimate of drug-likeness (QED) is 0.839. The Bertz CT molecular complexity index is 706. The van der Waals surface area contributed by atoms with E-state index >= 15 is 0 Å². The van der Waals surface area contributed by atoms with Gasteiger partial charge in [0, 0.05) is 12.6 Å². The topological polar surface area (TPSA) is 99.3 Å². The molecule has 106 valence electrons. The molecule has 0 spiro atoms. The van der Waals surface area contributed by atoms with Crippen molar-refractivity contribution in [1.29, 1.82) is 0 Å². The van der Waals surface area contributed by atoms with Crippen LogP contribution in [0.15, 0.2) is 52.7 Å². The van der Waals surface area contributed by atoms with Crippen molar-refractivity contribution in [3.05, 3.63) is 53.6 Å². The number of nitrogens with zero attached hydrogens (tertiary/aromatic N) is 2. The molecule has 6 heteroatoms. The van der Waals surface area contributed by atoms with Crippen molar-refractivity contribution in [2.75, 3.05) is 7.05 Å². The van der Waals surface area contributed by atoms with Crippen LogP contribution in [0.4, 0.5) is 5.69 Å². The van der Waals surface area contributed by atoms with Gasteiger partial charge in [0.15, 0.2) is 0 Å². The SMILES string of the molecule is CN=Nc1cccc(-c2c(C(=O)O)cccc2C(=O)O)c1. The number of azo groups is 1. The highest BCUT2D eigenvalue weighted by Crippen LogP contribution is 2.30. The van der Waals surface area contributed by atoms with E-state index in [1.165, 1.54) is 25.2 Å². The fraction of sp³-hybridized carbons (Fsp3) is 0.0667. The summed E-state index contributed by atoms with van der Waals surface area (Å²) in [6, 6.07) is 10.8. The number of hydrogen-bond acceptors (Lipinski definition) is 4. The van der Waals surface area contributed by atoms with E-state index in [9.17, 15) is 19.8 Å². The van der Waals surface area contributed by atoms with Gasteiger partial charge in [-0.05, 0) is 29.8 Å². The lowest BCUT2D eigenvalue weighted by Gasteiger charge is -2.10. The number of carbonyl (C=O) groups is 2. The first-order valence-electron chi connectivity index (χ1n) is 6.04. The van der Waals surface area contributed by atoms with Crippen LogP contribution in [0.25, 0.3) is 11.1 Å². The fourth-order valence-electron chi connectivity index (χ4n) is 2.06. The van der Waals surface area contributed by atoms with Crippen LogP contribution >= 0.6 is 0 Å². The zero-order chi connectivity index (χ0) is 15.4. The van der Waals surface area contributed by atoms with Gasteiger partial charge >= 0.3 is 11.9 Å². The van der Waals surface area contributed by atoms with E-state index < -0.39 is 11.9 Å². The molecule has 0 aliphatic rings. The van der Waals surface area contributed by atoms with Crippen molar-refractivity contribution < 1.29 is 19.8 Å². The summed E-state index contributed by atoms with van der Waals surface area (Å²) in [4.78, 5) is 22.7. The van der Waals surface area contributed by atoms with Gasteiger partial charge < -0.3 is 10.2 Å². The summed E-state index contributed by atoms with van der Waals surface area (Å²) < 4.78 is 0. The van der Waals surface area contributed by atoms with E-state index in [4.69, 9.17) is 0 Å². The molecule has 6 nitrogen and oxygen atoms in total. The molecule has 21 heavy (non-hydrogen) atoms. The van der Waals surface area contributed by atoms with Crippen molar-refractivity contribution in [3.63, 3.8) is 0 Å². The van der Waals surface area contributed by atoms with E-state index in [0.29, 0.717) is 11.3 Å². The van der Waals surface area contributed by atoms with Gasteiger partial charge in [0.2, 0.25) is 0 Å². The van der Waals surface area contributed by atoms with Crippen LogP contribution in [0.3, 0.4) is 0 Å². The minimum atomic E-state index is -1.18. The molecule has 0 aromatic heterocycles. The third-order valence-electron chi connectivity index (χ3n) is 2.88. The van der Waals surface area contributed by atoms with Crippen LogP contribution in [-0.2, 0) is 0 Å². The highest BCUT2D eigenvalue weighted by atomic mass is 16.4. The Kier molecular flexibility index (Phi) is 4.08. The second-order valence-corrected chi connectivity index (χ2v) is 4.19. The maximum Gasteiger partial charge on any atom is 0.336 e. The molecule has 0 unspecified atom stereocenters. The van der Waals surface area contributed by atoms with Gasteiger partial charge in [0.1, 0.15) is 0 Å². The lowest BCUT2D eigenvalue weighted by Crippen LogP contribution is -2.06. The van der Waals surface area contributed by atoms with Crippen molar-refractivity contribution in [2.24, 2.45) is 10.2 Å². The van der Waals surface area contributed by atoms with E-state index in [2.05, 4.69) is 10.2 Å². The third-order valence-corrected chi connectivity index (χ3v) is 2.88. The number of carboxylic acids is 2. The van der Waals surface area contributed by atoms with Gasteiger partial charge in [-0.15, -0.1) is 0 Å². The zero-order valence-electron chi connectivity index (χ0n) is 11.1. The molecule has 0 amide bonds. The Balaban J connectivity index is 2.74. The van der Waals surface area contributed by atoms with Crippen LogP contribution in [0.1, 0.15) is 20.7 Å². The summed E-state index contributed by atoms with van der Waals surface area (Å²) in [5.41, 5.74) is 1.01. The second-order valence-electron chi connectivity index (χ2n) is 4.19. The average molecular weight is 284 g/mol. The summed E-state index contributed by atoms with van der Waals surface area (Å²) in [5, 5.41) is 26.1. The van der Waals surface area contributed by atoms with Gasteiger partial charge in [-0.25, -0.2) is 9.59 Å². The van der Waals surface area contributed by atoms with Crippen molar-refractivity contribution in [1.82, 2.24) is 0 Å². The van der Waals surface area contributed by atoms with Gasteiger partial charge in [-0.1, -0.05) is 18.2 Å². The molecular weight excluding hydrogens is 272 g/mol. The van der Waals surface area contributed by atoms with Crippen molar-refractivity contribution in [2.45, 2.75) is 0 Å². The second kappa shape index (κ2) is 5.96. The van der Waals surface area contributed by atoms with Gasteiger partial charge in [0.25, 0.3) is 0 Å². The molecule has 2 aromatic carbocycles. The van der Waals surface area contributed by atoms with Crippen LogP contribution in [-0.4, -0.2) is 29.2 Å². The first-order chi connectivity index (χ1) is 10.0. The molecule has 0 atom stereocenters. The van der Waals surface area contributed by atoms with Crippen LogP contribution in [0.5, 0.6) is 0 Å². The number of carboxylic acid groups (broad SMARTS) is 2. The number of rotatable bonds is 4. The summed E-state index contributed by atoms with van der Waals surface area (Å²) in [5.74, 6) is -2.37. The Labute approximate surface area is 120 Å². The molecule has 0 aliphatic heterocycles. The Hall–Kier alpha value is -3.02. The number of hydrogen-bond donors (Lipinski definition) is 2. The Morgan fingerprint density at radius 2 is 1.52 bits per heavy atom. The minimum Gasteiger partial charge on any atom is -0.478 e. The molecular formula is C15H12N2O4. The molecule has 0 bridgehead atoms. The molecule has 0 radical (unpaired) electrons. The van der Waals surface area contributed by atoms with Crippen molar-refractivity contribution in [3.8, 4) is 11.1 Å². The fourth-order valence-corrected chi connectivity index (χ4v) is 2.06. The largest absolute Gasteiger partial charge is 0.478 e.